The van der Waals surface area contributed by atoms with Crippen molar-refractivity contribution in [1.82, 2.24) is 4.90 Å². The van der Waals surface area contributed by atoms with Crippen LogP contribution < -0.4 is 0 Å². The maximum absolute atomic E-state index is 5.92. The molecule has 1 heterocycles. The van der Waals surface area contributed by atoms with Crippen LogP contribution in [0.2, 0.25) is 0 Å². The number of rotatable bonds is 2. The van der Waals surface area contributed by atoms with Crippen molar-refractivity contribution in [3.8, 4) is 0 Å². The van der Waals surface area contributed by atoms with Gasteiger partial charge in [-0.3, -0.25) is 4.90 Å². The van der Waals surface area contributed by atoms with Gasteiger partial charge in [-0.1, -0.05) is 52.0 Å². The molecule has 3 rings (SSSR count). The van der Waals surface area contributed by atoms with Crippen molar-refractivity contribution in [2.75, 3.05) is 13.1 Å². The average molecular weight is 330 g/mol. The second-order valence-electron chi connectivity index (χ2n) is 9.50. The van der Waals surface area contributed by atoms with Crippen molar-refractivity contribution in [2.24, 2.45) is 0 Å². The summed E-state index contributed by atoms with van der Waals surface area (Å²) in [4.78, 5) is 2.69. The molecule has 1 saturated carbocycles. The van der Waals surface area contributed by atoms with Gasteiger partial charge in [-0.2, -0.15) is 0 Å². The highest BCUT2D eigenvalue weighted by Crippen LogP contribution is 2.43. The zero-order valence-corrected chi connectivity index (χ0v) is 16.4. The van der Waals surface area contributed by atoms with E-state index in [2.05, 4.69) is 70.7 Å². The maximum Gasteiger partial charge on any atom is 0.0678 e. The van der Waals surface area contributed by atoms with Crippen LogP contribution in [0.1, 0.15) is 71.9 Å². The van der Waals surface area contributed by atoms with Crippen molar-refractivity contribution in [3.05, 3.63) is 35.4 Å². The molecule has 2 fully saturated rings. The molecule has 0 aromatic heterocycles. The average Bonchev–Trinajstić information content (AvgIpc) is 2.89. The highest BCUT2D eigenvalue weighted by atomic mass is 16.5. The van der Waals surface area contributed by atoms with Gasteiger partial charge >= 0.3 is 0 Å². The molecule has 1 aromatic rings. The van der Waals surface area contributed by atoms with Crippen LogP contribution in [0.15, 0.2) is 24.3 Å². The van der Waals surface area contributed by atoms with Crippen LogP contribution in [0.25, 0.3) is 0 Å². The van der Waals surface area contributed by atoms with Crippen molar-refractivity contribution < 1.29 is 4.74 Å². The van der Waals surface area contributed by atoms with Gasteiger partial charge in [0.2, 0.25) is 0 Å². The summed E-state index contributed by atoms with van der Waals surface area (Å²) in [7, 11) is 0. The number of ether oxygens (including phenoxy) is 1. The Morgan fingerprint density at radius 2 is 1.62 bits per heavy atom. The zero-order valence-electron chi connectivity index (χ0n) is 16.4. The first kappa shape index (κ1) is 17.9. The highest BCUT2D eigenvalue weighted by molar-refractivity contribution is 5.33. The number of nitrogens with zero attached hydrogens (tertiary/aromatic N) is 1. The van der Waals surface area contributed by atoms with Gasteiger partial charge in [-0.25, -0.2) is 0 Å². The molecule has 0 radical (unpaired) electrons. The van der Waals surface area contributed by atoms with Crippen molar-refractivity contribution >= 4 is 0 Å². The van der Waals surface area contributed by atoms with E-state index in [4.69, 9.17) is 4.74 Å². The smallest absolute Gasteiger partial charge is 0.0678 e. The van der Waals surface area contributed by atoms with Gasteiger partial charge in [0.05, 0.1) is 12.2 Å². The molecule has 1 saturated heterocycles. The predicted molar refractivity (Wildman–Crippen MR) is 102 cm³/mol. The summed E-state index contributed by atoms with van der Waals surface area (Å²) < 4.78 is 5.92. The van der Waals surface area contributed by atoms with Crippen LogP contribution in [0.3, 0.4) is 0 Å². The normalized spacial score (nSPS) is 35.3. The Labute approximate surface area is 148 Å². The fourth-order valence-corrected chi connectivity index (χ4v) is 4.67. The minimum absolute atomic E-state index is 0.234. The molecule has 4 atom stereocenters. The summed E-state index contributed by atoms with van der Waals surface area (Å²) in [6.07, 6.45) is 4.63. The third-order valence-electron chi connectivity index (χ3n) is 6.13. The van der Waals surface area contributed by atoms with Gasteiger partial charge in [-0.15, -0.1) is 0 Å². The first-order chi connectivity index (χ1) is 11.2. The van der Waals surface area contributed by atoms with Gasteiger partial charge in [0.15, 0.2) is 0 Å². The lowest BCUT2D eigenvalue weighted by atomic mass is 9.78. The number of hydrogen-bond donors (Lipinski definition) is 0. The van der Waals surface area contributed by atoms with Crippen LogP contribution in [-0.2, 0) is 15.6 Å². The zero-order chi connectivity index (χ0) is 17.5. The van der Waals surface area contributed by atoms with E-state index in [0.717, 1.165) is 13.1 Å². The molecule has 2 heteroatoms. The number of hydrogen-bond acceptors (Lipinski definition) is 2. The molecule has 0 bridgehead atoms. The maximum atomic E-state index is 5.92. The molecule has 2 nitrogen and oxygen atoms in total. The van der Waals surface area contributed by atoms with E-state index in [1.54, 1.807) is 0 Å². The van der Waals surface area contributed by atoms with E-state index >= 15 is 0 Å². The first-order valence-electron chi connectivity index (χ1n) is 9.68. The molecule has 0 N–H and O–H groups in total. The topological polar surface area (TPSA) is 12.5 Å². The van der Waals surface area contributed by atoms with Crippen LogP contribution >= 0.6 is 0 Å². The fraction of sp³-hybridized carbons (Fsp3) is 0.727. The van der Waals surface area contributed by atoms with Gasteiger partial charge in [-0.05, 0) is 55.1 Å². The summed E-state index contributed by atoms with van der Waals surface area (Å²) in [5, 5.41) is 0. The Hall–Kier alpha value is -0.860. The van der Waals surface area contributed by atoms with Crippen LogP contribution in [-0.4, -0.2) is 36.2 Å². The Morgan fingerprint density at radius 1 is 1.04 bits per heavy atom. The molecule has 134 valence electrons. The third-order valence-corrected chi connectivity index (χ3v) is 6.13. The lowest BCUT2D eigenvalue weighted by Crippen LogP contribution is -2.49. The van der Waals surface area contributed by atoms with E-state index in [0.29, 0.717) is 23.7 Å². The molecular weight excluding hydrogens is 294 g/mol. The van der Waals surface area contributed by atoms with E-state index in [1.807, 2.05) is 0 Å². The predicted octanol–water partition coefficient (Wildman–Crippen LogP) is 4.90. The largest absolute Gasteiger partial charge is 0.373 e. The Balaban J connectivity index is 1.71. The van der Waals surface area contributed by atoms with Crippen molar-refractivity contribution in [3.63, 3.8) is 0 Å². The van der Waals surface area contributed by atoms with Gasteiger partial charge in [0.25, 0.3) is 0 Å². The highest BCUT2D eigenvalue weighted by Gasteiger charge is 2.40. The molecule has 2 unspecified atom stereocenters. The van der Waals surface area contributed by atoms with Crippen LogP contribution in [0.5, 0.6) is 0 Å². The Kier molecular flexibility index (Phi) is 4.83. The minimum Gasteiger partial charge on any atom is -0.373 e. The van der Waals surface area contributed by atoms with Gasteiger partial charge in [0, 0.05) is 19.1 Å². The molecule has 0 spiro atoms. The standard InChI is InChI=1S/C22H35NO/c1-16-14-23(15-17(2)24-16)20-11-12-22(6,13-20)19-9-7-18(8-10-19)21(3,4)5/h7-10,16-17,20H,11-15H2,1-6H3/t16-,17+,20?,22?. The summed E-state index contributed by atoms with van der Waals surface area (Å²) in [5.74, 6) is 0. The first-order valence-corrected chi connectivity index (χ1v) is 9.68. The molecule has 1 aromatic carbocycles. The molecule has 24 heavy (non-hydrogen) atoms. The summed E-state index contributed by atoms with van der Waals surface area (Å²) in [6.45, 7) is 15.9. The van der Waals surface area contributed by atoms with Gasteiger partial charge in [0.1, 0.15) is 0 Å². The molecule has 0 amide bonds. The molecule has 1 aliphatic carbocycles. The van der Waals surface area contributed by atoms with Crippen molar-refractivity contribution in [1.29, 1.82) is 0 Å². The lowest BCUT2D eigenvalue weighted by Gasteiger charge is -2.39. The molecule has 2 aliphatic rings. The van der Waals surface area contributed by atoms with Crippen LogP contribution in [0.4, 0.5) is 0 Å². The quantitative estimate of drug-likeness (QED) is 0.765. The molecule has 1 aliphatic heterocycles. The van der Waals surface area contributed by atoms with E-state index in [9.17, 15) is 0 Å². The third kappa shape index (κ3) is 3.70. The van der Waals surface area contributed by atoms with Gasteiger partial charge < -0.3 is 4.74 Å². The second kappa shape index (κ2) is 6.46. The summed E-state index contributed by atoms with van der Waals surface area (Å²) >= 11 is 0. The fourth-order valence-electron chi connectivity index (χ4n) is 4.67. The van der Waals surface area contributed by atoms with Crippen LogP contribution in [0, 0.1) is 0 Å². The summed E-state index contributed by atoms with van der Waals surface area (Å²) in [6, 6.07) is 10.2. The van der Waals surface area contributed by atoms with Crippen molar-refractivity contribution in [2.45, 2.75) is 89.9 Å². The van der Waals surface area contributed by atoms with E-state index in [-0.39, 0.29) is 5.41 Å². The Bertz CT molecular complexity index is 548. The number of benzene rings is 1. The second-order valence-corrected chi connectivity index (χ2v) is 9.50. The number of morpholine rings is 1. The van der Waals surface area contributed by atoms with E-state index in [1.165, 1.54) is 30.4 Å². The lowest BCUT2D eigenvalue weighted by molar-refractivity contribution is -0.0800. The summed E-state index contributed by atoms with van der Waals surface area (Å²) in [5.41, 5.74) is 3.51. The minimum atomic E-state index is 0.234. The SMILES string of the molecule is C[C@@H]1CN(C2CCC(C)(c3ccc(C(C)(C)C)cc3)C2)C[C@H](C)O1. The Morgan fingerprint density at radius 3 is 2.17 bits per heavy atom. The van der Waals surface area contributed by atoms with E-state index < -0.39 is 0 Å². The molecular formula is C22H35NO. The monoisotopic (exact) mass is 329 g/mol.